The van der Waals surface area contributed by atoms with E-state index in [1.165, 1.54) is 0 Å². The lowest BCUT2D eigenvalue weighted by molar-refractivity contribution is 0.366. The average Bonchev–Trinajstić information content (AvgIpc) is 1.82. The Bertz CT molecular complexity index is 295. The van der Waals surface area contributed by atoms with Gasteiger partial charge in [-0.1, -0.05) is 0 Å². The van der Waals surface area contributed by atoms with E-state index in [4.69, 9.17) is 14.3 Å². The molecule has 0 rings (SSSR count). The Morgan fingerprint density at radius 3 is 2.15 bits per heavy atom. The molecule has 0 saturated carbocycles. The fourth-order valence-corrected chi connectivity index (χ4v) is 2.24. The Labute approximate surface area is 80.9 Å². The molecule has 0 aromatic heterocycles. The highest BCUT2D eigenvalue weighted by Crippen LogP contribution is 2.32. The van der Waals surface area contributed by atoms with E-state index in [0.717, 1.165) is 0 Å². The summed E-state index contributed by atoms with van der Waals surface area (Å²) in [7, 11) is -8.69. The smallest absolute Gasteiger partial charge is 0.324 e. The van der Waals surface area contributed by atoms with Crippen LogP contribution in [0.25, 0.3) is 0 Å². The van der Waals surface area contributed by atoms with Crippen LogP contribution < -0.4 is 5.32 Å². The number of thiol groups is 1. The molecule has 4 N–H and O–H groups in total. The van der Waals surface area contributed by atoms with Crippen LogP contribution in [-0.4, -0.2) is 40.2 Å². The number of nitrogens with one attached hydrogen (secondary N) is 1. The van der Waals surface area contributed by atoms with Gasteiger partial charge in [0.2, 0.25) is 0 Å². The van der Waals surface area contributed by atoms with Crippen LogP contribution in [0.4, 0.5) is 0 Å². The third-order valence-electron chi connectivity index (χ3n) is 1.05. The van der Waals surface area contributed by atoms with Crippen molar-refractivity contribution in [2.75, 3.05) is 12.0 Å². The largest absolute Gasteiger partial charge is 0.339 e. The summed E-state index contributed by atoms with van der Waals surface area (Å²) in [6.07, 6.45) is -0.821. The first-order valence-corrected chi connectivity index (χ1v) is 6.95. The van der Waals surface area contributed by atoms with Gasteiger partial charge >= 0.3 is 7.60 Å². The van der Waals surface area contributed by atoms with Gasteiger partial charge in [-0.05, 0) is 0 Å². The Morgan fingerprint density at radius 1 is 1.46 bits per heavy atom. The highest BCUT2D eigenvalue weighted by Gasteiger charge is 2.24. The maximum absolute atomic E-state index is 10.5. The van der Waals surface area contributed by atoms with Crippen molar-refractivity contribution in [1.82, 2.24) is 5.32 Å². The summed E-state index contributed by atoms with van der Waals surface area (Å²) < 4.78 is 39.7. The summed E-state index contributed by atoms with van der Waals surface area (Å²) >= 11 is 3.58. The zero-order valence-electron chi connectivity index (χ0n) is 6.36. The molecular formula is C3H10NO6PS2. The molecule has 0 saturated heterocycles. The maximum Gasteiger partial charge on any atom is 0.339 e. The summed E-state index contributed by atoms with van der Waals surface area (Å²) in [6, 6.07) is 0. The molecule has 0 aliphatic heterocycles. The Morgan fingerprint density at radius 2 is 1.92 bits per heavy atom. The molecule has 0 amide bonds. The second-order valence-corrected chi connectivity index (χ2v) is 5.82. The fraction of sp³-hybridized carbons (Fsp3) is 1.00. The van der Waals surface area contributed by atoms with Gasteiger partial charge in [0.25, 0.3) is 10.1 Å². The lowest BCUT2D eigenvalue weighted by Crippen LogP contribution is -2.38. The van der Waals surface area contributed by atoms with Gasteiger partial charge < -0.3 is 9.79 Å². The van der Waals surface area contributed by atoms with E-state index in [1.54, 1.807) is 0 Å². The van der Waals surface area contributed by atoms with Crippen LogP contribution in [0.3, 0.4) is 0 Å². The molecule has 0 bridgehead atoms. The molecule has 0 radical (unpaired) electrons. The van der Waals surface area contributed by atoms with Crippen molar-refractivity contribution >= 4 is 30.3 Å². The molecule has 0 spiro atoms. The zero-order valence-corrected chi connectivity index (χ0v) is 8.97. The van der Waals surface area contributed by atoms with Gasteiger partial charge in [-0.25, -0.2) is 0 Å². The molecule has 13 heavy (non-hydrogen) atoms. The highest BCUT2D eigenvalue weighted by atomic mass is 32.2. The number of rotatable bonds is 5. The first-order chi connectivity index (χ1) is 5.67. The van der Waals surface area contributed by atoms with Crippen LogP contribution in [0.2, 0.25) is 0 Å². The van der Waals surface area contributed by atoms with E-state index in [2.05, 4.69) is 12.6 Å². The molecule has 80 valence electrons. The third kappa shape index (κ3) is 6.44. The van der Waals surface area contributed by atoms with Crippen LogP contribution in [0, 0.1) is 0 Å². The third-order valence-corrected chi connectivity index (χ3v) is 3.31. The van der Waals surface area contributed by atoms with Gasteiger partial charge in [0.15, 0.2) is 0 Å². The van der Waals surface area contributed by atoms with Crippen molar-refractivity contribution in [2.45, 2.75) is 5.37 Å². The average molecular weight is 251 g/mol. The second-order valence-electron chi connectivity index (χ2n) is 2.21. The molecule has 0 aromatic rings. The summed E-state index contributed by atoms with van der Waals surface area (Å²) in [5, 5.41) is 0.503. The molecule has 0 unspecified atom stereocenters. The van der Waals surface area contributed by atoms with Crippen LogP contribution in [0.15, 0.2) is 0 Å². The molecular weight excluding hydrogens is 241 g/mol. The van der Waals surface area contributed by atoms with Gasteiger partial charge in [-0.15, -0.1) is 0 Å². The zero-order chi connectivity index (χ0) is 10.7. The van der Waals surface area contributed by atoms with Gasteiger partial charge in [0, 0.05) is 5.75 Å². The highest BCUT2D eigenvalue weighted by molar-refractivity contribution is 7.88. The Hall–Kier alpha value is 0.370. The van der Waals surface area contributed by atoms with E-state index < -0.39 is 29.4 Å². The SMILES string of the molecule is O=P(O)(O)CN[C@@H](CS)S(=O)(=O)O. The second kappa shape index (κ2) is 4.74. The van der Waals surface area contributed by atoms with E-state index in [-0.39, 0.29) is 5.75 Å². The van der Waals surface area contributed by atoms with Crippen molar-refractivity contribution in [1.29, 1.82) is 0 Å². The Kier molecular flexibility index (Phi) is 4.87. The lowest BCUT2D eigenvalue weighted by Gasteiger charge is -2.13. The first-order valence-electron chi connectivity index (χ1n) is 3.02. The van der Waals surface area contributed by atoms with E-state index in [1.807, 2.05) is 5.32 Å². The predicted octanol–water partition coefficient (Wildman–Crippen LogP) is -1.15. The van der Waals surface area contributed by atoms with Gasteiger partial charge in [0.05, 0.1) is 6.29 Å². The van der Waals surface area contributed by atoms with E-state index in [0.29, 0.717) is 0 Å². The summed E-state index contributed by atoms with van der Waals surface area (Å²) in [5.74, 6) is -0.279. The van der Waals surface area contributed by atoms with Crippen LogP contribution >= 0.6 is 20.2 Å². The molecule has 0 fully saturated rings. The molecule has 0 heterocycles. The Balaban J connectivity index is 4.26. The molecule has 0 aliphatic carbocycles. The van der Waals surface area contributed by atoms with E-state index >= 15 is 0 Å². The number of hydrogen-bond acceptors (Lipinski definition) is 5. The molecule has 1 atom stereocenters. The first kappa shape index (κ1) is 13.4. The van der Waals surface area contributed by atoms with Crippen LogP contribution in [0.5, 0.6) is 0 Å². The van der Waals surface area contributed by atoms with Crippen molar-refractivity contribution in [3.63, 3.8) is 0 Å². The summed E-state index contributed by atoms with van der Waals surface area (Å²) in [6.45, 7) is 0. The predicted molar refractivity (Wildman–Crippen MR) is 49.2 cm³/mol. The van der Waals surface area contributed by atoms with Gasteiger partial charge in [0.1, 0.15) is 5.37 Å². The van der Waals surface area contributed by atoms with Crippen LogP contribution in [0.1, 0.15) is 0 Å². The van der Waals surface area contributed by atoms with Crippen molar-refractivity contribution < 1.29 is 27.3 Å². The van der Waals surface area contributed by atoms with E-state index in [9.17, 15) is 13.0 Å². The van der Waals surface area contributed by atoms with Gasteiger partial charge in [-0.2, -0.15) is 21.0 Å². The fourth-order valence-electron chi connectivity index (χ4n) is 0.485. The normalized spacial score (nSPS) is 15.7. The minimum absolute atomic E-state index is 0.279. The quantitative estimate of drug-likeness (QED) is 0.237. The summed E-state index contributed by atoms with van der Waals surface area (Å²) in [4.78, 5) is 16.7. The maximum atomic E-state index is 10.5. The minimum atomic E-state index is -4.37. The topological polar surface area (TPSA) is 124 Å². The van der Waals surface area contributed by atoms with Crippen LogP contribution in [-0.2, 0) is 14.7 Å². The lowest BCUT2D eigenvalue weighted by atomic mass is 10.7. The molecule has 10 heteroatoms. The van der Waals surface area contributed by atoms with Crippen molar-refractivity contribution in [2.24, 2.45) is 0 Å². The standard InChI is InChI=1S/C3H10NO6PS2/c5-11(6,7)2-4-3(1-12)13(8,9)10/h3-4,12H,1-2H2,(H2,5,6,7)(H,8,9,10)/t3-/m1/s1. The van der Waals surface area contributed by atoms with Crippen molar-refractivity contribution in [3.8, 4) is 0 Å². The molecule has 7 nitrogen and oxygen atoms in total. The monoisotopic (exact) mass is 251 g/mol. The van der Waals surface area contributed by atoms with Crippen molar-refractivity contribution in [3.05, 3.63) is 0 Å². The minimum Gasteiger partial charge on any atom is -0.324 e. The van der Waals surface area contributed by atoms with Gasteiger partial charge in [-0.3, -0.25) is 14.4 Å². The summed E-state index contributed by atoms with van der Waals surface area (Å²) in [5.41, 5.74) is 0. The number of hydrogen-bond donors (Lipinski definition) is 5. The molecule has 0 aliphatic rings. The molecule has 0 aromatic carbocycles.